The fourth-order valence-electron chi connectivity index (χ4n) is 5.13. The predicted octanol–water partition coefficient (Wildman–Crippen LogP) is 3.46. The van der Waals surface area contributed by atoms with Crippen LogP contribution in [-0.4, -0.2) is 60.9 Å². The molecule has 2 atom stereocenters. The van der Waals surface area contributed by atoms with Gasteiger partial charge in [0.1, 0.15) is 24.1 Å². The quantitative estimate of drug-likeness (QED) is 0.530. The van der Waals surface area contributed by atoms with Crippen molar-refractivity contribution in [3.63, 3.8) is 0 Å². The number of benzene rings is 1. The molecule has 9 nitrogen and oxygen atoms in total. The van der Waals surface area contributed by atoms with E-state index in [4.69, 9.17) is 0 Å². The predicted molar refractivity (Wildman–Crippen MR) is 137 cm³/mol. The SMILES string of the molecule is CCNC(=O)[C@@H]1CC(C)(C)[C@@H](C)N1C(=O)Cn1nc(C(C)=O)c2cc(-c3cnc(C)nc3)cc(C)c21. The van der Waals surface area contributed by atoms with Crippen LogP contribution in [0.4, 0.5) is 0 Å². The van der Waals surface area contributed by atoms with Gasteiger partial charge in [-0.2, -0.15) is 5.10 Å². The maximum absolute atomic E-state index is 13.7. The molecule has 36 heavy (non-hydrogen) atoms. The molecule has 1 aliphatic heterocycles. The Kier molecular flexibility index (Phi) is 6.68. The first kappa shape index (κ1) is 25.5. The molecule has 2 aromatic heterocycles. The van der Waals surface area contributed by atoms with E-state index >= 15 is 0 Å². The number of nitrogens with one attached hydrogen (secondary N) is 1. The summed E-state index contributed by atoms with van der Waals surface area (Å²) < 4.78 is 1.60. The largest absolute Gasteiger partial charge is 0.355 e. The number of hydrogen-bond donors (Lipinski definition) is 1. The van der Waals surface area contributed by atoms with Gasteiger partial charge in [0.2, 0.25) is 11.8 Å². The fraction of sp³-hybridized carbons (Fsp3) is 0.481. The highest BCUT2D eigenvalue weighted by molar-refractivity contribution is 6.07. The number of Topliss-reactive ketones (excluding diaryl/α,β-unsaturated/α-hetero) is 1. The fourth-order valence-corrected chi connectivity index (χ4v) is 5.13. The summed E-state index contributed by atoms with van der Waals surface area (Å²) in [6.45, 7) is 13.7. The molecule has 9 heteroatoms. The minimum atomic E-state index is -0.536. The Morgan fingerprint density at radius 3 is 2.39 bits per heavy atom. The van der Waals surface area contributed by atoms with Gasteiger partial charge in [-0.05, 0) is 62.8 Å². The number of aromatic nitrogens is 4. The molecule has 0 spiro atoms. The van der Waals surface area contributed by atoms with E-state index in [2.05, 4.69) is 34.2 Å². The molecular formula is C27H34N6O3. The van der Waals surface area contributed by atoms with Crippen LogP contribution in [0.2, 0.25) is 0 Å². The van der Waals surface area contributed by atoms with Crippen molar-refractivity contribution in [3.05, 3.63) is 41.6 Å². The average Bonchev–Trinajstić information content (AvgIpc) is 3.29. The van der Waals surface area contributed by atoms with Crippen LogP contribution in [0.5, 0.6) is 0 Å². The molecule has 0 unspecified atom stereocenters. The lowest BCUT2D eigenvalue weighted by molar-refractivity contribution is -0.141. The van der Waals surface area contributed by atoms with E-state index in [1.165, 1.54) is 6.92 Å². The zero-order chi connectivity index (χ0) is 26.4. The second-order valence-corrected chi connectivity index (χ2v) is 10.4. The monoisotopic (exact) mass is 490 g/mol. The van der Waals surface area contributed by atoms with Gasteiger partial charge in [0, 0.05) is 42.9 Å². The van der Waals surface area contributed by atoms with Crippen molar-refractivity contribution >= 4 is 28.5 Å². The van der Waals surface area contributed by atoms with Crippen molar-refractivity contribution in [2.24, 2.45) is 5.41 Å². The molecule has 1 N–H and O–H groups in total. The highest BCUT2D eigenvalue weighted by atomic mass is 16.2. The molecule has 3 heterocycles. The molecule has 190 valence electrons. The zero-order valence-corrected chi connectivity index (χ0v) is 22.0. The Hall–Kier alpha value is -3.62. The van der Waals surface area contributed by atoms with E-state index in [0.29, 0.717) is 29.9 Å². The maximum Gasteiger partial charge on any atom is 0.245 e. The average molecular weight is 491 g/mol. The number of amides is 2. The third-order valence-electron chi connectivity index (χ3n) is 7.31. The highest BCUT2D eigenvalue weighted by Gasteiger charge is 2.49. The molecule has 3 aromatic rings. The Morgan fingerprint density at radius 1 is 1.11 bits per heavy atom. The molecule has 0 saturated carbocycles. The number of nitrogens with zero attached hydrogens (tertiary/aromatic N) is 5. The molecular weight excluding hydrogens is 456 g/mol. The van der Waals surface area contributed by atoms with Crippen LogP contribution in [0.15, 0.2) is 24.5 Å². The lowest BCUT2D eigenvalue weighted by atomic mass is 9.84. The summed E-state index contributed by atoms with van der Waals surface area (Å²) in [5, 5.41) is 8.11. The minimum Gasteiger partial charge on any atom is -0.355 e. The van der Waals surface area contributed by atoms with Crippen LogP contribution >= 0.6 is 0 Å². The lowest BCUT2D eigenvalue weighted by Gasteiger charge is -2.31. The summed E-state index contributed by atoms with van der Waals surface area (Å²) in [7, 11) is 0. The van der Waals surface area contributed by atoms with E-state index in [1.807, 2.05) is 39.8 Å². The van der Waals surface area contributed by atoms with Crippen molar-refractivity contribution in [1.29, 1.82) is 0 Å². The highest BCUT2D eigenvalue weighted by Crippen LogP contribution is 2.40. The van der Waals surface area contributed by atoms with Gasteiger partial charge < -0.3 is 10.2 Å². The molecule has 1 saturated heterocycles. The van der Waals surface area contributed by atoms with E-state index < -0.39 is 6.04 Å². The van der Waals surface area contributed by atoms with E-state index in [-0.39, 0.29) is 35.6 Å². The van der Waals surface area contributed by atoms with Crippen molar-refractivity contribution in [1.82, 2.24) is 30.0 Å². The van der Waals surface area contributed by atoms with Crippen molar-refractivity contribution < 1.29 is 14.4 Å². The lowest BCUT2D eigenvalue weighted by Crippen LogP contribution is -2.49. The van der Waals surface area contributed by atoms with Crippen LogP contribution in [0.1, 0.15) is 62.9 Å². The van der Waals surface area contributed by atoms with Crippen LogP contribution in [0.25, 0.3) is 22.0 Å². The van der Waals surface area contributed by atoms with Gasteiger partial charge in [-0.15, -0.1) is 0 Å². The van der Waals surface area contributed by atoms with Gasteiger partial charge in [-0.3, -0.25) is 19.1 Å². The van der Waals surface area contributed by atoms with Gasteiger partial charge in [-0.1, -0.05) is 13.8 Å². The van der Waals surface area contributed by atoms with Crippen LogP contribution < -0.4 is 5.32 Å². The minimum absolute atomic E-state index is 0.0616. The molecule has 1 fully saturated rings. The van der Waals surface area contributed by atoms with Crippen LogP contribution in [0, 0.1) is 19.3 Å². The number of fused-ring (bicyclic) bond motifs is 1. The summed E-state index contributed by atoms with van der Waals surface area (Å²) in [6, 6.07) is 3.23. The molecule has 4 rings (SSSR count). The first-order chi connectivity index (χ1) is 16.9. The Bertz CT molecular complexity index is 1340. The molecule has 0 radical (unpaired) electrons. The summed E-state index contributed by atoms with van der Waals surface area (Å²) in [5.41, 5.74) is 3.42. The second kappa shape index (κ2) is 9.44. The maximum atomic E-state index is 13.7. The number of likely N-dealkylation sites (N-methyl/N-ethyl adjacent to an activating group) is 1. The van der Waals surface area contributed by atoms with Gasteiger partial charge in [0.05, 0.1) is 5.52 Å². The normalized spacial score (nSPS) is 19.0. The number of ketones is 1. The second-order valence-electron chi connectivity index (χ2n) is 10.4. The molecule has 1 aromatic carbocycles. The van der Waals surface area contributed by atoms with Crippen molar-refractivity contribution in [2.75, 3.05) is 6.54 Å². The number of rotatable bonds is 6. The van der Waals surface area contributed by atoms with Crippen LogP contribution in [0.3, 0.4) is 0 Å². The first-order valence-electron chi connectivity index (χ1n) is 12.3. The molecule has 0 bridgehead atoms. The molecule has 0 aliphatic carbocycles. The smallest absolute Gasteiger partial charge is 0.245 e. The van der Waals surface area contributed by atoms with Crippen molar-refractivity contribution in [3.8, 4) is 11.1 Å². The van der Waals surface area contributed by atoms with Crippen LogP contribution in [-0.2, 0) is 16.1 Å². The summed E-state index contributed by atoms with van der Waals surface area (Å²) >= 11 is 0. The first-order valence-corrected chi connectivity index (χ1v) is 12.3. The Balaban J connectivity index is 1.75. The number of likely N-dealkylation sites (tertiary alicyclic amines) is 1. The van der Waals surface area contributed by atoms with Crippen molar-refractivity contribution in [2.45, 2.75) is 73.5 Å². The van der Waals surface area contributed by atoms with E-state index in [9.17, 15) is 14.4 Å². The van der Waals surface area contributed by atoms with Gasteiger partial charge in [-0.25, -0.2) is 9.97 Å². The summed E-state index contributed by atoms with van der Waals surface area (Å²) in [5.74, 6) is 0.162. The topological polar surface area (TPSA) is 110 Å². The van der Waals surface area contributed by atoms with Gasteiger partial charge >= 0.3 is 0 Å². The van der Waals surface area contributed by atoms with Gasteiger partial charge in [0.15, 0.2) is 5.78 Å². The zero-order valence-electron chi connectivity index (χ0n) is 22.0. The summed E-state index contributed by atoms with van der Waals surface area (Å²) in [4.78, 5) is 49.3. The molecule has 2 amide bonds. The Labute approximate surface area is 211 Å². The number of hydrogen-bond acceptors (Lipinski definition) is 6. The number of aryl methyl sites for hydroxylation is 2. The van der Waals surface area contributed by atoms with E-state index in [1.54, 1.807) is 22.0 Å². The standard InChI is InChI=1S/C27H34N6O3/c1-8-28-26(36)22-11-27(6,7)17(4)33(22)23(35)14-32-25-15(2)9-19(20-12-29-18(5)30-13-20)10-21(25)24(31-32)16(3)34/h9-10,12-13,17,22H,8,11,14H2,1-7H3,(H,28,36)/t17-,22+/m1/s1. The third-order valence-corrected chi connectivity index (χ3v) is 7.31. The molecule has 1 aliphatic rings. The van der Waals surface area contributed by atoms with Gasteiger partial charge in [0.25, 0.3) is 0 Å². The summed E-state index contributed by atoms with van der Waals surface area (Å²) in [6.07, 6.45) is 4.09. The van der Waals surface area contributed by atoms with E-state index in [0.717, 1.165) is 22.2 Å². The Morgan fingerprint density at radius 2 is 1.78 bits per heavy atom. The third kappa shape index (κ3) is 4.50. The number of carbonyl (C=O) groups excluding carboxylic acids is 3. The number of carbonyl (C=O) groups is 3.